The number of ether oxygens (including phenoxy) is 2. The van der Waals surface area contributed by atoms with Gasteiger partial charge >= 0.3 is 11.4 Å². The van der Waals surface area contributed by atoms with E-state index in [2.05, 4.69) is 0 Å². The lowest BCUT2D eigenvalue weighted by molar-refractivity contribution is -0.122. The van der Waals surface area contributed by atoms with Gasteiger partial charge < -0.3 is 14.6 Å². The van der Waals surface area contributed by atoms with E-state index in [9.17, 15) is 37.5 Å². The van der Waals surface area contributed by atoms with Gasteiger partial charge in [0.05, 0.1) is 26.8 Å². The lowest BCUT2D eigenvalue weighted by Crippen LogP contribution is -2.60. The number of hydrogen-bond donors (Lipinski definition) is 1. The highest BCUT2D eigenvalue weighted by Gasteiger charge is 2.75. The Bertz CT molecular complexity index is 2060. The molecule has 248 valence electrons. The number of amides is 2. The quantitative estimate of drug-likeness (QED) is 0.108. The van der Waals surface area contributed by atoms with Crippen LogP contribution in [0.25, 0.3) is 6.08 Å². The standard InChI is InChI=1S/C29H21Cl2F5N4O7/c1-37-26(44)38-7-6-12-13(5-4-11-8-15(46-2)23(41)16(9-11)47-3)29(31)25(43)39(22-20(35)18(33)17(32)19(34)21(22)36)24(42)28(29,30)10-14(12)40(38)27(37)45/h4-6,8-9,13-14,41H,7,10H2,1-3H3/t13-,14+,28+,29-/m0/s1. The molecular weight excluding hydrogens is 682 g/mol. The fourth-order valence-corrected chi connectivity index (χ4v) is 7.27. The molecule has 2 aromatic carbocycles. The van der Waals surface area contributed by atoms with Crippen molar-refractivity contribution in [1.29, 1.82) is 0 Å². The minimum Gasteiger partial charge on any atom is -0.502 e. The van der Waals surface area contributed by atoms with Crippen LogP contribution in [0.2, 0.25) is 0 Å². The summed E-state index contributed by atoms with van der Waals surface area (Å²) in [5.41, 5.74) is -3.00. The van der Waals surface area contributed by atoms with Gasteiger partial charge in [-0.3, -0.25) is 9.59 Å². The number of anilines is 1. The number of nitrogens with zero attached hydrogens (tertiary/aromatic N) is 4. The number of alkyl halides is 2. The Hall–Kier alpha value is -4.57. The number of aromatic hydroxyl groups is 1. The van der Waals surface area contributed by atoms with Crippen molar-refractivity contribution >= 4 is 46.8 Å². The number of allylic oxidation sites excluding steroid dienone is 3. The molecule has 0 unspecified atom stereocenters. The predicted molar refractivity (Wildman–Crippen MR) is 155 cm³/mol. The fourth-order valence-electron chi connectivity index (χ4n) is 6.40. The van der Waals surface area contributed by atoms with Crippen LogP contribution in [-0.2, 0) is 23.2 Å². The number of carbonyl (C=O) groups is 2. The molecule has 4 atom stereocenters. The highest BCUT2D eigenvalue weighted by Crippen LogP contribution is 2.61. The van der Waals surface area contributed by atoms with E-state index in [0.717, 1.165) is 13.9 Å². The Morgan fingerprint density at radius 3 is 2.00 bits per heavy atom. The summed E-state index contributed by atoms with van der Waals surface area (Å²) in [4.78, 5) is 48.5. The van der Waals surface area contributed by atoms with Gasteiger partial charge in [-0.15, -0.1) is 23.2 Å². The van der Waals surface area contributed by atoms with Gasteiger partial charge in [0.2, 0.25) is 11.6 Å². The molecule has 6 rings (SSSR count). The molecule has 3 aliphatic rings. The number of methoxy groups -OCH3 is 2. The highest BCUT2D eigenvalue weighted by molar-refractivity contribution is 6.58. The number of imide groups is 1. The maximum atomic E-state index is 15.1. The van der Waals surface area contributed by atoms with Crippen LogP contribution < -0.4 is 25.8 Å². The summed E-state index contributed by atoms with van der Waals surface area (Å²) in [5, 5.41) is 10.3. The molecule has 0 bridgehead atoms. The van der Waals surface area contributed by atoms with Crippen LogP contribution in [0.3, 0.4) is 0 Å². The molecule has 3 heterocycles. The van der Waals surface area contributed by atoms with Crippen LogP contribution in [0, 0.1) is 35.0 Å². The largest absolute Gasteiger partial charge is 0.502 e. The van der Waals surface area contributed by atoms with Crippen LogP contribution >= 0.6 is 23.2 Å². The van der Waals surface area contributed by atoms with Gasteiger partial charge in [0.1, 0.15) is 5.69 Å². The van der Waals surface area contributed by atoms with Crippen molar-refractivity contribution in [3.8, 4) is 17.2 Å². The molecule has 3 aromatic rings. The molecule has 11 nitrogen and oxygen atoms in total. The third kappa shape index (κ3) is 4.09. The van der Waals surface area contributed by atoms with Crippen molar-refractivity contribution in [2.45, 2.75) is 28.8 Å². The average Bonchev–Trinajstić information content (AvgIpc) is 3.36. The third-order valence-corrected chi connectivity index (χ3v) is 10.1. The molecule has 1 saturated heterocycles. The van der Waals surface area contributed by atoms with E-state index in [1.165, 1.54) is 51.6 Å². The Balaban J connectivity index is 1.60. The topological polar surface area (TPSA) is 125 Å². The first-order valence-electron chi connectivity index (χ1n) is 13.6. The van der Waals surface area contributed by atoms with Crippen LogP contribution in [0.4, 0.5) is 27.6 Å². The van der Waals surface area contributed by atoms with Gasteiger partial charge in [0.25, 0.3) is 11.8 Å². The summed E-state index contributed by atoms with van der Waals surface area (Å²) in [6.07, 6.45) is 3.38. The minimum absolute atomic E-state index is 0.0286. The van der Waals surface area contributed by atoms with Gasteiger partial charge in [0.15, 0.2) is 44.5 Å². The van der Waals surface area contributed by atoms with Crippen LogP contribution in [-0.4, -0.2) is 54.8 Å². The third-order valence-electron chi connectivity index (χ3n) is 8.72. The number of phenolic OH excluding ortho intramolecular Hbond substituents is 1. The number of phenols is 1. The normalized spacial score (nSPS) is 25.1. The molecule has 18 heteroatoms. The van der Waals surface area contributed by atoms with Crippen molar-refractivity contribution in [2.24, 2.45) is 13.0 Å². The number of hydrogen-bond acceptors (Lipinski definition) is 7. The summed E-state index contributed by atoms with van der Waals surface area (Å²) in [5.74, 6) is -17.5. The summed E-state index contributed by atoms with van der Waals surface area (Å²) < 4.78 is 85.7. The predicted octanol–water partition coefficient (Wildman–Crippen LogP) is 3.51. The second-order valence-corrected chi connectivity index (χ2v) is 12.2. The molecule has 0 radical (unpaired) electrons. The summed E-state index contributed by atoms with van der Waals surface area (Å²) in [7, 11) is 3.74. The van der Waals surface area contributed by atoms with E-state index in [-0.39, 0.29) is 39.8 Å². The van der Waals surface area contributed by atoms with E-state index in [1.807, 2.05) is 0 Å². The zero-order valence-electron chi connectivity index (χ0n) is 24.3. The monoisotopic (exact) mass is 702 g/mol. The molecule has 2 amide bonds. The molecule has 1 aromatic heterocycles. The number of rotatable bonds is 5. The first-order valence-corrected chi connectivity index (χ1v) is 14.3. The number of halogens is 7. The van der Waals surface area contributed by atoms with E-state index < -0.39 is 86.1 Å². The number of benzene rings is 2. The van der Waals surface area contributed by atoms with E-state index in [0.29, 0.717) is 0 Å². The number of aromatic nitrogens is 3. The SMILES string of the molecule is COc1cc(C=C[C@H]2C3=CCn4c(=O)n(C)c(=O)n4[C@@H]3C[C@@]3(Cl)C(=O)N(c4c(F)c(F)c(F)c(F)c4F)C(=O)[C@@]23Cl)cc(OC)c1O. The lowest BCUT2D eigenvalue weighted by Gasteiger charge is -2.47. The minimum atomic E-state index is -2.68. The zero-order chi connectivity index (χ0) is 34.5. The second-order valence-electron chi connectivity index (χ2n) is 11.0. The summed E-state index contributed by atoms with van der Waals surface area (Å²) in [6, 6.07) is 1.48. The lowest BCUT2D eigenvalue weighted by atomic mass is 9.66. The molecule has 1 N–H and O–H groups in total. The van der Waals surface area contributed by atoms with E-state index in [4.69, 9.17) is 32.7 Å². The van der Waals surface area contributed by atoms with Gasteiger partial charge in [0, 0.05) is 19.4 Å². The van der Waals surface area contributed by atoms with Gasteiger partial charge in [-0.25, -0.2) is 50.4 Å². The Morgan fingerprint density at radius 2 is 1.45 bits per heavy atom. The maximum absolute atomic E-state index is 15.1. The molecule has 0 spiro atoms. The smallest absolute Gasteiger partial charge is 0.347 e. The summed E-state index contributed by atoms with van der Waals surface area (Å²) in [6.45, 7) is -0.211. The van der Waals surface area contributed by atoms with Crippen molar-refractivity contribution in [1.82, 2.24) is 13.9 Å². The second kappa shape index (κ2) is 10.7. The molecule has 2 fully saturated rings. The van der Waals surface area contributed by atoms with Crippen LogP contribution in [0.15, 0.2) is 39.4 Å². The average molecular weight is 703 g/mol. The maximum Gasteiger partial charge on any atom is 0.347 e. The molecule has 1 aliphatic carbocycles. The van der Waals surface area contributed by atoms with Crippen LogP contribution in [0.5, 0.6) is 17.2 Å². The van der Waals surface area contributed by atoms with Crippen molar-refractivity contribution < 1.29 is 46.1 Å². The first-order chi connectivity index (χ1) is 22.1. The van der Waals surface area contributed by atoms with Crippen molar-refractivity contribution in [2.75, 3.05) is 19.1 Å². The Morgan fingerprint density at radius 1 is 0.894 bits per heavy atom. The van der Waals surface area contributed by atoms with E-state index >= 15 is 8.78 Å². The van der Waals surface area contributed by atoms with Gasteiger partial charge in [-0.1, -0.05) is 18.2 Å². The Labute approximate surface area is 270 Å². The van der Waals surface area contributed by atoms with Crippen molar-refractivity contribution in [3.05, 3.63) is 85.5 Å². The molecule has 47 heavy (non-hydrogen) atoms. The van der Waals surface area contributed by atoms with E-state index in [1.54, 1.807) is 0 Å². The van der Waals surface area contributed by atoms with Crippen molar-refractivity contribution in [3.63, 3.8) is 0 Å². The molecule has 1 saturated carbocycles. The summed E-state index contributed by atoms with van der Waals surface area (Å²) >= 11 is 13.9. The zero-order valence-corrected chi connectivity index (χ0v) is 25.8. The fraction of sp³-hybridized carbons (Fsp3) is 0.310. The van der Waals surface area contributed by atoms with Gasteiger partial charge in [-0.05, 0) is 23.3 Å². The number of fused-ring (bicyclic) bond motifs is 4. The number of carbonyl (C=O) groups excluding carboxylic acids is 2. The van der Waals surface area contributed by atoms with Gasteiger partial charge in [-0.2, -0.15) is 0 Å². The van der Waals surface area contributed by atoms with Crippen LogP contribution in [0.1, 0.15) is 18.0 Å². The molecule has 2 aliphatic heterocycles. The molecular formula is C29H21Cl2F5N4O7. The highest BCUT2D eigenvalue weighted by atomic mass is 35.5. The Kier molecular flexibility index (Phi) is 7.39. The first kappa shape index (κ1) is 32.4.